The Kier molecular flexibility index (Phi) is 3.66. The number of aromatic nitrogens is 2. The van der Waals surface area contributed by atoms with Gasteiger partial charge < -0.3 is 10.6 Å². The Hall–Kier alpha value is -2.15. The molecule has 7 heteroatoms. The first-order chi connectivity index (χ1) is 8.97. The first kappa shape index (κ1) is 13.3. The SMILES string of the molecule is Cc1nnc(NC(=O)c2ccc(N(C)C)c(N)c2)s1. The monoisotopic (exact) mass is 277 g/mol. The summed E-state index contributed by atoms with van der Waals surface area (Å²) in [5.74, 6) is -0.242. The number of carbonyl (C=O) groups is 1. The Morgan fingerprint density at radius 1 is 1.37 bits per heavy atom. The number of carbonyl (C=O) groups excluding carboxylic acids is 1. The molecule has 0 saturated carbocycles. The molecule has 0 radical (unpaired) electrons. The van der Waals surface area contributed by atoms with E-state index in [4.69, 9.17) is 5.73 Å². The van der Waals surface area contributed by atoms with Crippen LogP contribution in [0.1, 0.15) is 15.4 Å². The van der Waals surface area contributed by atoms with Crippen LogP contribution in [0.4, 0.5) is 16.5 Å². The van der Waals surface area contributed by atoms with Gasteiger partial charge in [0.15, 0.2) is 0 Å². The van der Waals surface area contributed by atoms with Gasteiger partial charge in [0.1, 0.15) is 5.01 Å². The number of nitrogen functional groups attached to an aromatic ring is 1. The van der Waals surface area contributed by atoms with Crippen LogP contribution in [0.5, 0.6) is 0 Å². The maximum absolute atomic E-state index is 12.0. The van der Waals surface area contributed by atoms with Gasteiger partial charge in [0.2, 0.25) is 5.13 Å². The standard InChI is InChI=1S/C12H15N5OS/c1-7-15-16-12(19-7)14-11(18)8-4-5-10(17(2)3)9(13)6-8/h4-6H,13H2,1-3H3,(H,14,16,18). The Balaban J connectivity index is 2.18. The van der Waals surface area contributed by atoms with E-state index >= 15 is 0 Å². The maximum Gasteiger partial charge on any atom is 0.257 e. The van der Waals surface area contributed by atoms with Crippen LogP contribution in [0, 0.1) is 6.92 Å². The number of anilines is 3. The first-order valence-electron chi connectivity index (χ1n) is 5.65. The molecule has 3 N–H and O–H groups in total. The Bertz CT molecular complexity index is 608. The van der Waals surface area contributed by atoms with Crippen LogP contribution in [0.15, 0.2) is 18.2 Å². The minimum atomic E-state index is -0.242. The summed E-state index contributed by atoms with van der Waals surface area (Å²) in [4.78, 5) is 13.9. The third-order valence-corrected chi connectivity index (χ3v) is 3.27. The van der Waals surface area contributed by atoms with Gasteiger partial charge in [-0.05, 0) is 25.1 Å². The van der Waals surface area contributed by atoms with Gasteiger partial charge in [-0.1, -0.05) is 11.3 Å². The van der Waals surface area contributed by atoms with Gasteiger partial charge in [-0.3, -0.25) is 10.1 Å². The quantitative estimate of drug-likeness (QED) is 0.835. The molecule has 1 amide bonds. The van der Waals surface area contributed by atoms with Crippen molar-refractivity contribution in [3.63, 3.8) is 0 Å². The van der Waals surface area contributed by atoms with E-state index in [1.54, 1.807) is 12.1 Å². The number of aryl methyl sites for hydroxylation is 1. The van der Waals surface area contributed by atoms with Crippen molar-refractivity contribution in [3.05, 3.63) is 28.8 Å². The lowest BCUT2D eigenvalue weighted by Crippen LogP contribution is -2.14. The fourth-order valence-electron chi connectivity index (χ4n) is 1.62. The van der Waals surface area contributed by atoms with Crippen LogP contribution in [-0.4, -0.2) is 30.2 Å². The number of nitrogens with two attached hydrogens (primary N) is 1. The van der Waals surface area contributed by atoms with Crippen LogP contribution < -0.4 is 16.0 Å². The highest BCUT2D eigenvalue weighted by atomic mass is 32.1. The molecule has 0 unspecified atom stereocenters. The topological polar surface area (TPSA) is 84.1 Å². The molecule has 0 aliphatic rings. The summed E-state index contributed by atoms with van der Waals surface area (Å²) in [6.07, 6.45) is 0. The van der Waals surface area contributed by atoms with Gasteiger partial charge in [0, 0.05) is 19.7 Å². The largest absolute Gasteiger partial charge is 0.397 e. The number of nitrogens with zero attached hydrogens (tertiary/aromatic N) is 3. The van der Waals surface area contributed by atoms with Crippen LogP contribution in [0.3, 0.4) is 0 Å². The van der Waals surface area contributed by atoms with Crippen molar-refractivity contribution in [2.45, 2.75) is 6.92 Å². The number of rotatable bonds is 3. The summed E-state index contributed by atoms with van der Waals surface area (Å²) in [5, 5.41) is 11.7. The van der Waals surface area contributed by atoms with Gasteiger partial charge in [0.25, 0.3) is 5.91 Å². The normalized spacial score (nSPS) is 10.3. The zero-order chi connectivity index (χ0) is 14.0. The lowest BCUT2D eigenvalue weighted by molar-refractivity contribution is 0.102. The van der Waals surface area contributed by atoms with Gasteiger partial charge >= 0.3 is 0 Å². The van der Waals surface area contributed by atoms with E-state index in [2.05, 4.69) is 15.5 Å². The second-order valence-corrected chi connectivity index (χ2v) is 5.43. The highest BCUT2D eigenvalue weighted by Gasteiger charge is 2.11. The van der Waals surface area contributed by atoms with Crippen LogP contribution in [-0.2, 0) is 0 Å². The highest BCUT2D eigenvalue weighted by Crippen LogP contribution is 2.23. The molecule has 1 heterocycles. The van der Waals surface area contributed by atoms with E-state index in [1.807, 2.05) is 32.0 Å². The molecular formula is C12H15N5OS. The first-order valence-corrected chi connectivity index (χ1v) is 6.47. The maximum atomic E-state index is 12.0. The Labute approximate surface area is 115 Å². The zero-order valence-corrected chi connectivity index (χ0v) is 11.8. The highest BCUT2D eigenvalue weighted by molar-refractivity contribution is 7.15. The molecule has 0 aliphatic heterocycles. The number of benzene rings is 1. The van der Waals surface area contributed by atoms with E-state index in [0.29, 0.717) is 16.4 Å². The second kappa shape index (κ2) is 5.23. The molecule has 6 nitrogen and oxygen atoms in total. The van der Waals surface area contributed by atoms with Crippen molar-refractivity contribution in [2.75, 3.05) is 30.0 Å². The minimum absolute atomic E-state index is 0.242. The summed E-state index contributed by atoms with van der Waals surface area (Å²) >= 11 is 1.33. The fraction of sp³-hybridized carbons (Fsp3) is 0.250. The van der Waals surface area contributed by atoms with Crippen molar-refractivity contribution in [3.8, 4) is 0 Å². The van der Waals surface area contributed by atoms with Gasteiger partial charge in [-0.25, -0.2) is 0 Å². The van der Waals surface area contributed by atoms with Gasteiger partial charge in [-0.15, -0.1) is 10.2 Å². The van der Waals surface area contributed by atoms with E-state index in [1.165, 1.54) is 11.3 Å². The summed E-state index contributed by atoms with van der Waals surface area (Å²) in [7, 11) is 3.80. The molecule has 0 aliphatic carbocycles. The average Bonchev–Trinajstić information content (AvgIpc) is 2.74. The molecule has 0 bridgehead atoms. The molecule has 2 rings (SSSR count). The number of hydrogen-bond donors (Lipinski definition) is 2. The van der Waals surface area contributed by atoms with Crippen molar-refractivity contribution >= 4 is 33.8 Å². The van der Waals surface area contributed by atoms with Crippen LogP contribution in [0.2, 0.25) is 0 Å². The Morgan fingerprint density at radius 3 is 2.63 bits per heavy atom. The number of hydrogen-bond acceptors (Lipinski definition) is 6. The summed E-state index contributed by atoms with van der Waals surface area (Å²) < 4.78 is 0. The van der Waals surface area contributed by atoms with Crippen molar-refractivity contribution in [2.24, 2.45) is 0 Å². The van der Waals surface area contributed by atoms with Crippen molar-refractivity contribution in [1.29, 1.82) is 0 Å². The van der Waals surface area contributed by atoms with Crippen molar-refractivity contribution < 1.29 is 4.79 Å². The third-order valence-electron chi connectivity index (χ3n) is 2.52. The average molecular weight is 277 g/mol. The van der Waals surface area contributed by atoms with Crippen LogP contribution >= 0.6 is 11.3 Å². The van der Waals surface area contributed by atoms with Crippen molar-refractivity contribution in [1.82, 2.24) is 10.2 Å². The van der Waals surface area contributed by atoms with E-state index in [-0.39, 0.29) is 5.91 Å². The lowest BCUT2D eigenvalue weighted by atomic mass is 10.1. The molecule has 0 fully saturated rings. The second-order valence-electron chi connectivity index (χ2n) is 4.25. The smallest absolute Gasteiger partial charge is 0.257 e. The summed E-state index contributed by atoms with van der Waals surface area (Å²) in [6, 6.07) is 5.20. The van der Waals surface area contributed by atoms with E-state index in [9.17, 15) is 4.79 Å². The molecule has 0 spiro atoms. The van der Waals surface area contributed by atoms with E-state index in [0.717, 1.165) is 10.7 Å². The third kappa shape index (κ3) is 3.00. The fourth-order valence-corrected chi connectivity index (χ4v) is 2.21. The van der Waals surface area contributed by atoms with Gasteiger partial charge in [0.05, 0.1) is 11.4 Å². The zero-order valence-electron chi connectivity index (χ0n) is 11.0. The Morgan fingerprint density at radius 2 is 2.11 bits per heavy atom. The molecule has 2 aromatic rings. The summed E-state index contributed by atoms with van der Waals surface area (Å²) in [5.41, 5.74) is 7.85. The molecule has 100 valence electrons. The lowest BCUT2D eigenvalue weighted by Gasteiger charge is -2.15. The predicted octanol–water partition coefficient (Wildman–Crippen LogP) is 1.75. The number of amides is 1. The molecular weight excluding hydrogens is 262 g/mol. The molecule has 1 aromatic heterocycles. The molecule has 19 heavy (non-hydrogen) atoms. The molecule has 0 saturated heterocycles. The molecule has 0 atom stereocenters. The summed E-state index contributed by atoms with van der Waals surface area (Å²) in [6.45, 7) is 1.83. The van der Waals surface area contributed by atoms with Crippen LogP contribution in [0.25, 0.3) is 0 Å². The predicted molar refractivity (Wildman–Crippen MR) is 77.8 cm³/mol. The minimum Gasteiger partial charge on any atom is -0.397 e. The van der Waals surface area contributed by atoms with Gasteiger partial charge in [-0.2, -0.15) is 0 Å². The number of nitrogens with one attached hydrogen (secondary N) is 1. The van der Waals surface area contributed by atoms with E-state index < -0.39 is 0 Å². The molecule has 1 aromatic carbocycles.